The summed E-state index contributed by atoms with van der Waals surface area (Å²) in [7, 11) is 0. The fraction of sp³-hybridized carbons (Fsp3) is 0.364. The zero-order chi connectivity index (χ0) is 12.5. The summed E-state index contributed by atoms with van der Waals surface area (Å²) >= 11 is 5.04. The Balaban J connectivity index is 2.20. The van der Waals surface area contributed by atoms with E-state index in [4.69, 9.17) is 17.0 Å². The van der Waals surface area contributed by atoms with Gasteiger partial charge < -0.3 is 15.4 Å². The van der Waals surface area contributed by atoms with Gasteiger partial charge in [0.05, 0.1) is 13.0 Å². The second kappa shape index (κ2) is 7.56. The first-order chi connectivity index (χ1) is 8.22. The molecule has 0 bridgehead atoms. The van der Waals surface area contributed by atoms with E-state index in [9.17, 15) is 4.79 Å². The first-order valence-electron chi connectivity index (χ1n) is 5.34. The SMILES string of the molecule is CCOC(=O)CCNC(=S)Nc1ccccn1. The molecule has 0 radical (unpaired) electrons. The summed E-state index contributed by atoms with van der Waals surface area (Å²) in [5.74, 6) is 0.432. The number of ether oxygens (including phenoxy) is 1. The molecule has 0 fully saturated rings. The van der Waals surface area contributed by atoms with Crippen molar-refractivity contribution >= 4 is 29.1 Å². The fourth-order valence-electron chi connectivity index (χ4n) is 1.11. The van der Waals surface area contributed by atoms with Gasteiger partial charge in [0.25, 0.3) is 0 Å². The van der Waals surface area contributed by atoms with Crippen LogP contribution in [0.2, 0.25) is 0 Å². The average molecular weight is 253 g/mol. The quantitative estimate of drug-likeness (QED) is 0.609. The normalized spacial score (nSPS) is 9.47. The Bertz CT molecular complexity index is 370. The number of carbonyl (C=O) groups excluding carboxylic acids is 1. The van der Waals surface area contributed by atoms with Crippen LogP contribution in [-0.2, 0) is 9.53 Å². The Hall–Kier alpha value is -1.69. The molecular weight excluding hydrogens is 238 g/mol. The van der Waals surface area contributed by atoms with Crippen molar-refractivity contribution in [1.29, 1.82) is 0 Å². The number of hydrogen-bond donors (Lipinski definition) is 2. The topological polar surface area (TPSA) is 63.2 Å². The van der Waals surface area contributed by atoms with E-state index < -0.39 is 0 Å². The largest absolute Gasteiger partial charge is 0.466 e. The highest BCUT2D eigenvalue weighted by Crippen LogP contribution is 1.98. The highest BCUT2D eigenvalue weighted by molar-refractivity contribution is 7.80. The van der Waals surface area contributed by atoms with E-state index in [-0.39, 0.29) is 12.4 Å². The molecule has 0 atom stereocenters. The molecule has 0 amide bonds. The van der Waals surface area contributed by atoms with Gasteiger partial charge in [0.15, 0.2) is 5.11 Å². The molecule has 1 aromatic heterocycles. The molecule has 0 aromatic carbocycles. The van der Waals surface area contributed by atoms with Crippen LogP contribution in [0.25, 0.3) is 0 Å². The molecule has 0 unspecified atom stereocenters. The first-order valence-corrected chi connectivity index (χ1v) is 5.74. The minimum absolute atomic E-state index is 0.236. The Labute approximate surface area is 106 Å². The highest BCUT2D eigenvalue weighted by atomic mass is 32.1. The van der Waals surface area contributed by atoms with Crippen molar-refractivity contribution in [3.05, 3.63) is 24.4 Å². The van der Waals surface area contributed by atoms with E-state index in [0.29, 0.717) is 24.1 Å². The predicted octanol–water partition coefficient (Wildman–Crippen LogP) is 1.32. The number of anilines is 1. The van der Waals surface area contributed by atoms with Crippen molar-refractivity contribution in [2.24, 2.45) is 0 Å². The molecule has 1 rings (SSSR count). The van der Waals surface area contributed by atoms with Crippen LogP contribution in [0.5, 0.6) is 0 Å². The molecule has 6 heteroatoms. The summed E-state index contributed by atoms with van der Waals surface area (Å²) in [5.41, 5.74) is 0. The molecular formula is C11H15N3O2S. The summed E-state index contributed by atoms with van der Waals surface area (Å²) in [4.78, 5) is 15.1. The number of nitrogens with one attached hydrogen (secondary N) is 2. The fourth-order valence-corrected chi connectivity index (χ4v) is 1.32. The van der Waals surface area contributed by atoms with E-state index in [2.05, 4.69) is 15.6 Å². The number of pyridine rings is 1. The van der Waals surface area contributed by atoms with Crippen LogP contribution in [0, 0.1) is 0 Å². The number of carbonyl (C=O) groups is 1. The second-order valence-electron chi connectivity index (χ2n) is 3.15. The van der Waals surface area contributed by atoms with Crippen molar-refractivity contribution in [1.82, 2.24) is 10.3 Å². The Morgan fingerprint density at radius 1 is 1.53 bits per heavy atom. The molecule has 92 valence electrons. The molecule has 0 aliphatic heterocycles. The van der Waals surface area contributed by atoms with E-state index in [1.165, 1.54) is 0 Å². The standard InChI is InChI=1S/C11H15N3O2S/c1-2-16-10(15)6-8-13-11(17)14-9-5-3-4-7-12-9/h3-5,7H,2,6,8H2,1H3,(H2,12,13,14,17). The van der Waals surface area contributed by atoms with Crippen LogP contribution < -0.4 is 10.6 Å². The van der Waals surface area contributed by atoms with Gasteiger partial charge in [0.1, 0.15) is 5.82 Å². The zero-order valence-electron chi connectivity index (χ0n) is 9.60. The molecule has 17 heavy (non-hydrogen) atoms. The van der Waals surface area contributed by atoms with E-state index in [1.54, 1.807) is 19.2 Å². The first kappa shape index (κ1) is 13.4. The van der Waals surface area contributed by atoms with Gasteiger partial charge in [0, 0.05) is 12.7 Å². The van der Waals surface area contributed by atoms with Crippen LogP contribution in [0.4, 0.5) is 5.82 Å². The second-order valence-corrected chi connectivity index (χ2v) is 3.56. The van der Waals surface area contributed by atoms with Gasteiger partial charge in [-0.15, -0.1) is 0 Å². The van der Waals surface area contributed by atoms with Crippen molar-refractivity contribution in [2.45, 2.75) is 13.3 Å². The molecule has 0 saturated heterocycles. The Morgan fingerprint density at radius 2 is 2.35 bits per heavy atom. The van der Waals surface area contributed by atoms with Crippen LogP contribution in [0.3, 0.4) is 0 Å². The average Bonchev–Trinajstić information content (AvgIpc) is 2.30. The number of hydrogen-bond acceptors (Lipinski definition) is 4. The van der Waals surface area contributed by atoms with Crippen molar-refractivity contribution in [2.75, 3.05) is 18.5 Å². The van der Waals surface area contributed by atoms with Crippen molar-refractivity contribution < 1.29 is 9.53 Å². The van der Waals surface area contributed by atoms with Gasteiger partial charge in [-0.1, -0.05) is 6.07 Å². The summed E-state index contributed by atoms with van der Waals surface area (Å²) in [6.45, 7) is 2.62. The van der Waals surface area contributed by atoms with E-state index >= 15 is 0 Å². The number of thiocarbonyl (C=S) groups is 1. The lowest BCUT2D eigenvalue weighted by molar-refractivity contribution is -0.142. The highest BCUT2D eigenvalue weighted by Gasteiger charge is 2.02. The maximum atomic E-state index is 11.0. The maximum Gasteiger partial charge on any atom is 0.307 e. The summed E-state index contributed by atoms with van der Waals surface area (Å²) in [6, 6.07) is 5.48. The lowest BCUT2D eigenvalue weighted by atomic mass is 10.4. The summed E-state index contributed by atoms with van der Waals surface area (Å²) < 4.78 is 4.79. The summed E-state index contributed by atoms with van der Waals surface area (Å²) in [5, 5.41) is 6.24. The van der Waals surface area contributed by atoms with Gasteiger partial charge in [-0.25, -0.2) is 4.98 Å². The maximum absolute atomic E-state index is 11.0. The van der Waals surface area contributed by atoms with Gasteiger partial charge in [-0.2, -0.15) is 0 Å². The third-order valence-corrected chi connectivity index (χ3v) is 2.07. The minimum atomic E-state index is -0.236. The van der Waals surface area contributed by atoms with E-state index in [1.807, 2.05) is 12.1 Å². The van der Waals surface area contributed by atoms with Gasteiger partial charge in [0.2, 0.25) is 0 Å². The van der Waals surface area contributed by atoms with Gasteiger partial charge in [-0.3, -0.25) is 4.79 Å². The molecule has 0 aliphatic carbocycles. The smallest absolute Gasteiger partial charge is 0.307 e. The third kappa shape index (κ3) is 5.82. The minimum Gasteiger partial charge on any atom is -0.466 e. The number of aromatic nitrogens is 1. The lowest BCUT2D eigenvalue weighted by Crippen LogP contribution is -2.30. The molecule has 0 aliphatic rings. The van der Waals surface area contributed by atoms with Crippen LogP contribution >= 0.6 is 12.2 Å². The van der Waals surface area contributed by atoms with Gasteiger partial charge in [-0.05, 0) is 31.3 Å². The zero-order valence-corrected chi connectivity index (χ0v) is 10.4. The number of esters is 1. The Kier molecular flexibility index (Phi) is 5.95. The monoisotopic (exact) mass is 253 g/mol. The number of nitrogens with zero attached hydrogens (tertiary/aromatic N) is 1. The molecule has 0 saturated carbocycles. The Morgan fingerprint density at radius 3 is 3.00 bits per heavy atom. The molecule has 1 aromatic rings. The van der Waals surface area contributed by atoms with Crippen molar-refractivity contribution in [3.63, 3.8) is 0 Å². The molecule has 5 nitrogen and oxygen atoms in total. The van der Waals surface area contributed by atoms with E-state index in [0.717, 1.165) is 0 Å². The van der Waals surface area contributed by atoms with Crippen LogP contribution in [-0.4, -0.2) is 29.2 Å². The van der Waals surface area contributed by atoms with Crippen LogP contribution in [0.15, 0.2) is 24.4 Å². The molecule has 1 heterocycles. The predicted molar refractivity (Wildman–Crippen MR) is 69.7 cm³/mol. The lowest BCUT2D eigenvalue weighted by Gasteiger charge is -2.09. The molecule has 0 spiro atoms. The summed E-state index contributed by atoms with van der Waals surface area (Å²) in [6.07, 6.45) is 1.96. The van der Waals surface area contributed by atoms with Crippen molar-refractivity contribution in [3.8, 4) is 0 Å². The number of rotatable bonds is 5. The molecule has 2 N–H and O–H groups in total. The van der Waals surface area contributed by atoms with Gasteiger partial charge >= 0.3 is 5.97 Å². The van der Waals surface area contributed by atoms with Crippen LogP contribution in [0.1, 0.15) is 13.3 Å². The third-order valence-electron chi connectivity index (χ3n) is 1.83.